The third-order valence-corrected chi connectivity index (χ3v) is 5.72. The molecule has 1 aromatic heterocycles. The van der Waals surface area contributed by atoms with E-state index in [4.69, 9.17) is 14.6 Å². The Kier molecular flexibility index (Phi) is 6.25. The topological polar surface area (TPSA) is 73.7 Å². The first-order valence-corrected chi connectivity index (χ1v) is 10.8. The Morgan fingerprint density at radius 2 is 1.78 bits per heavy atom. The second-order valence-electron chi connectivity index (χ2n) is 7.74. The van der Waals surface area contributed by atoms with Gasteiger partial charge in [-0.2, -0.15) is 5.10 Å². The van der Waals surface area contributed by atoms with Gasteiger partial charge >= 0.3 is 11.9 Å². The molecular formula is C25H27N3O4. The number of para-hydroxylation sites is 1. The molecule has 0 radical (unpaired) electrons. The summed E-state index contributed by atoms with van der Waals surface area (Å²) in [6, 6.07) is 15.3. The van der Waals surface area contributed by atoms with Gasteiger partial charge in [-0.1, -0.05) is 31.2 Å². The third kappa shape index (κ3) is 3.86. The molecule has 0 fully saturated rings. The highest BCUT2D eigenvalue weighted by Crippen LogP contribution is 2.34. The second kappa shape index (κ2) is 9.26. The summed E-state index contributed by atoms with van der Waals surface area (Å²) < 4.78 is 11.5. The van der Waals surface area contributed by atoms with Gasteiger partial charge in [-0.3, -0.25) is 0 Å². The Bertz CT molecular complexity index is 1140. The molecule has 2 heterocycles. The normalized spacial score (nSPS) is 12.9. The zero-order valence-corrected chi connectivity index (χ0v) is 18.6. The number of aromatic nitrogens is 2. The van der Waals surface area contributed by atoms with Crippen LogP contribution in [-0.4, -0.2) is 49.0 Å². The van der Waals surface area contributed by atoms with Crippen molar-refractivity contribution in [1.82, 2.24) is 9.78 Å². The minimum atomic E-state index is -0.653. The highest BCUT2D eigenvalue weighted by molar-refractivity contribution is 6.07. The van der Waals surface area contributed by atoms with Crippen LogP contribution in [0.5, 0.6) is 0 Å². The third-order valence-electron chi connectivity index (χ3n) is 5.72. The van der Waals surface area contributed by atoms with Gasteiger partial charge in [0.2, 0.25) is 0 Å². The van der Waals surface area contributed by atoms with Gasteiger partial charge in [0.05, 0.1) is 19.9 Å². The molecule has 0 saturated heterocycles. The Morgan fingerprint density at radius 1 is 1.03 bits per heavy atom. The second-order valence-corrected chi connectivity index (χ2v) is 7.74. The van der Waals surface area contributed by atoms with Crippen molar-refractivity contribution in [2.45, 2.75) is 26.2 Å². The molecule has 32 heavy (non-hydrogen) atoms. The van der Waals surface area contributed by atoms with Crippen molar-refractivity contribution in [2.24, 2.45) is 0 Å². The SMILES string of the molecule is CCCN1CCCc2cc(-c3nn(-c4ccccc4)c(C(=O)OC)c3C(=O)OC)ccc21. The monoisotopic (exact) mass is 433 g/mol. The molecule has 1 aliphatic rings. The van der Waals surface area contributed by atoms with E-state index in [0.29, 0.717) is 11.4 Å². The van der Waals surface area contributed by atoms with E-state index in [-0.39, 0.29) is 11.3 Å². The minimum Gasteiger partial charge on any atom is -0.465 e. The number of methoxy groups -OCH3 is 2. The molecule has 7 heteroatoms. The van der Waals surface area contributed by atoms with Gasteiger partial charge in [0.15, 0.2) is 5.69 Å². The molecule has 7 nitrogen and oxygen atoms in total. The Labute approximate surface area is 187 Å². The molecule has 0 bridgehead atoms. The number of anilines is 1. The van der Waals surface area contributed by atoms with E-state index in [9.17, 15) is 9.59 Å². The lowest BCUT2D eigenvalue weighted by molar-refractivity contribution is 0.0549. The number of esters is 2. The van der Waals surface area contributed by atoms with Crippen LogP contribution in [0.15, 0.2) is 48.5 Å². The first-order valence-electron chi connectivity index (χ1n) is 10.8. The number of aryl methyl sites for hydroxylation is 1. The van der Waals surface area contributed by atoms with Crippen molar-refractivity contribution in [2.75, 3.05) is 32.2 Å². The smallest absolute Gasteiger partial charge is 0.357 e. The molecule has 1 aliphatic heterocycles. The van der Waals surface area contributed by atoms with Crippen molar-refractivity contribution in [3.05, 3.63) is 65.4 Å². The first kappa shape index (κ1) is 21.6. The zero-order valence-electron chi connectivity index (χ0n) is 18.6. The molecule has 0 N–H and O–H groups in total. The molecule has 0 unspecified atom stereocenters. The van der Waals surface area contributed by atoms with Gasteiger partial charge in [-0.05, 0) is 49.1 Å². The van der Waals surface area contributed by atoms with E-state index < -0.39 is 11.9 Å². The summed E-state index contributed by atoms with van der Waals surface area (Å²) in [5.41, 5.74) is 4.40. The number of fused-ring (bicyclic) bond motifs is 1. The highest BCUT2D eigenvalue weighted by atomic mass is 16.5. The van der Waals surface area contributed by atoms with Crippen molar-refractivity contribution in [3.63, 3.8) is 0 Å². The predicted molar refractivity (Wildman–Crippen MR) is 123 cm³/mol. The summed E-state index contributed by atoms with van der Waals surface area (Å²) in [5, 5.41) is 4.69. The van der Waals surface area contributed by atoms with E-state index in [2.05, 4.69) is 24.0 Å². The van der Waals surface area contributed by atoms with Gasteiger partial charge < -0.3 is 14.4 Å². The summed E-state index contributed by atoms with van der Waals surface area (Å²) in [5.74, 6) is -1.28. The molecule has 3 aromatic rings. The van der Waals surface area contributed by atoms with Crippen molar-refractivity contribution >= 4 is 17.6 Å². The van der Waals surface area contributed by atoms with E-state index in [0.717, 1.165) is 37.9 Å². The average molecular weight is 434 g/mol. The number of hydrogen-bond acceptors (Lipinski definition) is 6. The maximum atomic E-state index is 12.8. The van der Waals surface area contributed by atoms with Crippen molar-refractivity contribution in [3.8, 4) is 16.9 Å². The van der Waals surface area contributed by atoms with Gasteiger partial charge in [-0.25, -0.2) is 14.3 Å². The van der Waals surface area contributed by atoms with Gasteiger partial charge in [0.1, 0.15) is 11.3 Å². The average Bonchev–Trinajstić information content (AvgIpc) is 3.24. The summed E-state index contributed by atoms with van der Waals surface area (Å²) in [4.78, 5) is 28.0. The lowest BCUT2D eigenvalue weighted by Gasteiger charge is -2.31. The Hall–Kier alpha value is -3.61. The fourth-order valence-corrected chi connectivity index (χ4v) is 4.28. The number of carbonyl (C=O) groups excluding carboxylic acids is 2. The van der Waals surface area contributed by atoms with Gasteiger partial charge in [0.25, 0.3) is 0 Å². The van der Waals surface area contributed by atoms with Crippen LogP contribution in [0.3, 0.4) is 0 Å². The van der Waals surface area contributed by atoms with Crippen LogP contribution >= 0.6 is 0 Å². The maximum absolute atomic E-state index is 12.8. The van der Waals surface area contributed by atoms with Crippen LogP contribution in [-0.2, 0) is 15.9 Å². The zero-order chi connectivity index (χ0) is 22.7. The van der Waals surface area contributed by atoms with Crippen LogP contribution in [0.2, 0.25) is 0 Å². The number of rotatable bonds is 6. The number of carbonyl (C=O) groups is 2. The van der Waals surface area contributed by atoms with Gasteiger partial charge in [-0.15, -0.1) is 0 Å². The largest absolute Gasteiger partial charge is 0.465 e. The summed E-state index contributed by atoms with van der Waals surface area (Å²) in [6.07, 6.45) is 3.12. The fourth-order valence-electron chi connectivity index (χ4n) is 4.28. The molecule has 0 spiro atoms. The molecule has 2 aromatic carbocycles. The number of ether oxygens (including phenoxy) is 2. The lowest BCUT2D eigenvalue weighted by Crippen LogP contribution is -2.29. The summed E-state index contributed by atoms with van der Waals surface area (Å²) >= 11 is 0. The minimum absolute atomic E-state index is 0.0471. The molecule has 0 atom stereocenters. The Morgan fingerprint density at radius 3 is 2.47 bits per heavy atom. The molecule has 0 saturated carbocycles. The first-order chi connectivity index (χ1) is 15.6. The summed E-state index contributed by atoms with van der Waals surface area (Å²) in [6.45, 7) is 4.23. The Balaban J connectivity index is 1.92. The van der Waals surface area contributed by atoms with E-state index in [1.807, 2.05) is 36.4 Å². The maximum Gasteiger partial charge on any atom is 0.357 e. The molecular weight excluding hydrogens is 406 g/mol. The van der Waals surface area contributed by atoms with Crippen LogP contribution in [0, 0.1) is 0 Å². The van der Waals surface area contributed by atoms with Crippen molar-refractivity contribution in [1.29, 1.82) is 0 Å². The number of nitrogens with zero attached hydrogens (tertiary/aromatic N) is 3. The van der Waals surface area contributed by atoms with Crippen LogP contribution < -0.4 is 4.90 Å². The molecule has 4 rings (SSSR count). The number of hydrogen-bond donors (Lipinski definition) is 0. The molecule has 0 amide bonds. The quantitative estimate of drug-likeness (QED) is 0.541. The fraction of sp³-hybridized carbons (Fsp3) is 0.320. The van der Waals surface area contributed by atoms with E-state index >= 15 is 0 Å². The highest BCUT2D eigenvalue weighted by Gasteiger charge is 2.31. The van der Waals surface area contributed by atoms with E-state index in [1.165, 1.54) is 30.2 Å². The molecule has 166 valence electrons. The predicted octanol–water partition coefficient (Wildman–Crippen LogP) is 4.28. The summed E-state index contributed by atoms with van der Waals surface area (Å²) in [7, 11) is 2.58. The van der Waals surface area contributed by atoms with Crippen LogP contribution in [0.25, 0.3) is 16.9 Å². The van der Waals surface area contributed by atoms with E-state index in [1.54, 1.807) is 0 Å². The van der Waals surface area contributed by atoms with Gasteiger partial charge in [0, 0.05) is 24.3 Å². The lowest BCUT2D eigenvalue weighted by atomic mass is 9.96. The van der Waals surface area contributed by atoms with Crippen molar-refractivity contribution < 1.29 is 19.1 Å². The standard InChI is InChI=1S/C25H27N3O4/c1-4-14-27-15-8-9-17-16-18(12-13-20(17)27)22-21(24(29)31-2)23(25(30)32-3)28(26-22)19-10-6-5-7-11-19/h5-7,10-13,16H,4,8-9,14-15H2,1-3H3. The van der Waals surface area contributed by atoms with Crippen LogP contribution in [0.1, 0.15) is 46.2 Å². The van der Waals surface area contributed by atoms with Crippen LogP contribution in [0.4, 0.5) is 5.69 Å². The number of benzene rings is 2. The molecule has 0 aliphatic carbocycles.